The standard InChI is InChI=1S/C20H24N2O3/c1-14(2)13-22(12-11-19(23)24)20(25)17-9-10-18(21-15(17)3)16-7-5-4-6-8-16/h4-10,14H,11-13H2,1-3H3,(H,23,24). The van der Waals surface area contributed by atoms with E-state index in [9.17, 15) is 9.59 Å². The van der Waals surface area contributed by atoms with Gasteiger partial charge in [-0.2, -0.15) is 0 Å². The molecular weight excluding hydrogens is 316 g/mol. The monoisotopic (exact) mass is 340 g/mol. The average Bonchev–Trinajstić information content (AvgIpc) is 2.58. The number of carbonyl (C=O) groups excluding carboxylic acids is 1. The van der Waals surface area contributed by atoms with Crippen molar-refractivity contribution in [2.24, 2.45) is 5.92 Å². The molecule has 2 aromatic rings. The van der Waals surface area contributed by atoms with Gasteiger partial charge in [0.1, 0.15) is 0 Å². The van der Waals surface area contributed by atoms with Gasteiger partial charge >= 0.3 is 5.97 Å². The fourth-order valence-electron chi connectivity index (χ4n) is 2.67. The van der Waals surface area contributed by atoms with E-state index in [4.69, 9.17) is 5.11 Å². The predicted molar refractivity (Wildman–Crippen MR) is 97.4 cm³/mol. The van der Waals surface area contributed by atoms with Crippen molar-refractivity contribution < 1.29 is 14.7 Å². The summed E-state index contributed by atoms with van der Waals surface area (Å²) in [5, 5.41) is 8.92. The Kier molecular flexibility index (Phi) is 6.28. The number of aliphatic carboxylic acids is 1. The summed E-state index contributed by atoms with van der Waals surface area (Å²) in [6, 6.07) is 13.4. The van der Waals surface area contributed by atoms with Gasteiger partial charge in [0.15, 0.2) is 0 Å². The van der Waals surface area contributed by atoms with E-state index in [1.54, 1.807) is 11.0 Å². The van der Waals surface area contributed by atoms with Gasteiger partial charge in [-0.15, -0.1) is 0 Å². The third-order valence-corrected chi connectivity index (χ3v) is 3.85. The minimum absolute atomic E-state index is 0.0625. The van der Waals surface area contributed by atoms with Crippen molar-refractivity contribution in [1.29, 1.82) is 0 Å². The van der Waals surface area contributed by atoms with E-state index in [1.807, 2.05) is 57.2 Å². The molecule has 0 atom stereocenters. The lowest BCUT2D eigenvalue weighted by Gasteiger charge is -2.24. The molecule has 5 heteroatoms. The first-order chi connectivity index (χ1) is 11.9. The zero-order chi connectivity index (χ0) is 18.4. The molecule has 2 rings (SSSR count). The van der Waals surface area contributed by atoms with Crippen molar-refractivity contribution >= 4 is 11.9 Å². The summed E-state index contributed by atoms with van der Waals surface area (Å²) in [6.45, 7) is 6.54. The molecule has 1 aromatic heterocycles. The van der Waals surface area contributed by atoms with Crippen LogP contribution in [-0.2, 0) is 4.79 Å². The summed E-state index contributed by atoms with van der Waals surface area (Å²) >= 11 is 0. The zero-order valence-electron chi connectivity index (χ0n) is 14.9. The number of pyridine rings is 1. The van der Waals surface area contributed by atoms with E-state index in [-0.39, 0.29) is 24.8 Å². The minimum Gasteiger partial charge on any atom is -0.481 e. The Balaban J connectivity index is 2.25. The molecule has 132 valence electrons. The lowest BCUT2D eigenvalue weighted by Crippen LogP contribution is -2.36. The molecule has 0 bridgehead atoms. The molecule has 25 heavy (non-hydrogen) atoms. The highest BCUT2D eigenvalue weighted by molar-refractivity contribution is 5.95. The molecule has 1 amide bonds. The molecule has 0 saturated carbocycles. The molecule has 1 heterocycles. The summed E-state index contributed by atoms with van der Waals surface area (Å²) in [5.74, 6) is -0.815. The van der Waals surface area contributed by atoms with Crippen LogP contribution >= 0.6 is 0 Å². The number of benzene rings is 1. The van der Waals surface area contributed by atoms with Crippen LogP contribution in [0.1, 0.15) is 36.3 Å². The highest BCUT2D eigenvalue weighted by Gasteiger charge is 2.20. The third kappa shape index (κ3) is 5.14. The van der Waals surface area contributed by atoms with Crippen LogP contribution in [0, 0.1) is 12.8 Å². The molecule has 0 fully saturated rings. The molecule has 0 radical (unpaired) electrons. The Morgan fingerprint density at radius 1 is 1.12 bits per heavy atom. The first-order valence-corrected chi connectivity index (χ1v) is 8.42. The second-order valence-electron chi connectivity index (χ2n) is 6.48. The lowest BCUT2D eigenvalue weighted by atomic mass is 10.1. The Labute approximate surface area is 148 Å². The second kappa shape index (κ2) is 8.42. The summed E-state index contributed by atoms with van der Waals surface area (Å²) in [7, 11) is 0. The number of carboxylic acids is 1. The van der Waals surface area contributed by atoms with E-state index in [2.05, 4.69) is 4.98 Å². The van der Waals surface area contributed by atoms with Gasteiger partial charge in [-0.25, -0.2) is 0 Å². The molecule has 0 aliphatic carbocycles. The number of aryl methyl sites for hydroxylation is 1. The smallest absolute Gasteiger partial charge is 0.305 e. The first-order valence-electron chi connectivity index (χ1n) is 8.42. The van der Waals surface area contributed by atoms with Crippen LogP contribution in [-0.4, -0.2) is 40.0 Å². The van der Waals surface area contributed by atoms with Gasteiger partial charge in [0, 0.05) is 18.7 Å². The maximum absolute atomic E-state index is 12.9. The number of rotatable bonds is 7. The van der Waals surface area contributed by atoms with E-state index in [0.29, 0.717) is 17.8 Å². The average molecular weight is 340 g/mol. The Bertz CT molecular complexity index is 742. The molecule has 0 aliphatic rings. The highest BCUT2D eigenvalue weighted by atomic mass is 16.4. The van der Waals surface area contributed by atoms with Gasteiger partial charge in [-0.3, -0.25) is 14.6 Å². The number of amides is 1. The van der Waals surface area contributed by atoms with Crippen LogP contribution < -0.4 is 0 Å². The number of nitrogens with zero attached hydrogens (tertiary/aromatic N) is 2. The van der Waals surface area contributed by atoms with Crippen molar-refractivity contribution in [1.82, 2.24) is 9.88 Å². The topological polar surface area (TPSA) is 70.5 Å². The van der Waals surface area contributed by atoms with E-state index >= 15 is 0 Å². The van der Waals surface area contributed by atoms with Crippen LogP contribution in [0.2, 0.25) is 0 Å². The van der Waals surface area contributed by atoms with Crippen molar-refractivity contribution in [2.75, 3.05) is 13.1 Å². The maximum atomic E-state index is 12.9. The van der Waals surface area contributed by atoms with Gasteiger partial charge in [-0.05, 0) is 25.0 Å². The van der Waals surface area contributed by atoms with E-state index < -0.39 is 5.97 Å². The van der Waals surface area contributed by atoms with Crippen LogP contribution in [0.5, 0.6) is 0 Å². The highest BCUT2D eigenvalue weighted by Crippen LogP contribution is 2.20. The number of aromatic nitrogens is 1. The maximum Gasteiger partial charge on any atom is 0.305 e. The molecule has 1 aromatic carbocycles. The Hall–Kier alpha value is -2.69. The van der Waals surface area contributed by atoms with Crippen LogP contribution in [0.4, 0.5) is 0 Å². The number of carbonyl (C=O) groups is 2. The fraction of sp³-hybridized carbons (Fsp3) is 0.350. The molecule has 0 spiro atoms. The number of hydrogen-bond acceptors (Lipinski definition) is 3. The van der Waals surface area contributed by atoms with E-state index in [1.165, 1.54) is 0 Å². The van der Waals surface area contributed by atoms with Crippen molar-refractivity contribution in [2.45, 2.75) is 27.2 Å². The predicted octanol–water partition coefficient (Wildman–Crippen LogP) is 3.63. The summed E-state index contributed by atoms with van der Waals surface area (Å²) in [4.78, 5) is 29.9. The second-order valence-corrected chi connectivity index (χ2v) is 6.48. The van der Waals surface area contributed by atoms with Gasteiger partial charge in [0.2, 0.25) is 0 Å². The molecular formula is C20H24N2O3. The first kappa shape index (κ1) is 18.6. The van der Waals surface area contributed by atoms with Gasteiger partial charge in [-0.1, -0.05) is 44.2 Å². The van der Waals surface area contributed by atoms with Gasteiger partial charge in [0.05, 0.1) is 23.4 Å². The molecule has 5 nitrogen and oxygen atoms in total. The van der Waals surface area contributed by atoms with Crippen LogP contribution in [0.15, 0.2) is 42.5 Å². The fourth-order valence-corrected chi connectivity index (χ4v) is 2.67. The van der Waals surface area contributed by atoms with Crippen LogP contribution in [0.3, 0.4) is 0 Å². The van der Waals surface area contributed by atoms with Crippen molar-refractivity contribution in [3.63, 3.8) is 0 Å². The molecule has 0 saturated heterocycles. The largest absolute Gasteiger partial charge is 0.481 e. The number of hydrogen-bond donors (Lipinski definition) is 1. The Morgan fingerprint density at radius 2 is 1.80 bits per heavy atom. The molecule has 1 N–H and O–H groups in total. The summed E-state index contributed by atoms with van der Waals surface area (Å²) < 4.78 is 0. The van der Waals surface area contributed by atoms with Gasteiger partial charge in [0.25, 0.3) is 5.91 Å². The third-order valence-electron chi connectivity index (χ3n) is 3.85. The van der Waals surface area contributed by atoms with Crippen molar-refractivity contribution in [3.8, 4) is 11.3 Å². The molecule has 0 unspecified atom stereocenters. The van der Waals surface area contributed by atoms with E-state index in [0.717, 1.165) is 11.3 Å². The minimum atomic E-state index is -0.907. The zero-order valence-corrected chi connectivity index (χ0v) is 14.9. The lowest BCUT2D eigenvalue weighted by molar-refractivity contribution is -0.137. The summed E-state index contributed by atoms with van der Waals surface area (Å²) in [5.41, 5.74) is 2.98. The SMILES string of the molecule is Cc1nc(-c2ccccc2)ccc1C(=O)N(CCC(=O)O)CC(C)C. The van der Waals surface area contributed by atoms with Crippen molar-refractivity contribution in [3.05, 3.63) is 53.7 Å². The number of carboxylic acid groups (broad SMARTS) is 1. The van der Waals surface area contributed by atoms with Crippen LogP contribution in [0.25, 0.3) is 11.3 Å². The van der Waals surface area contributed by atoms with Gasteiger partial charge < -0.3 is 10.0 Å². The summed E-state index contributed by atoms with van der Waals surface area (Å²) in [6.07, 6.45) is -0.0625. The normalized spacial score (nSPS) is 10.7. The molecule has 0 aliphatic heterocycles. The quantitative estimate of drug-likeness (QED) is 0.835. The Morgan fingerprint density at radius 3 is 2.36 bits per heavy atom.